The predicted octanol–water partition coefficient (Wildman–Crippen LogP) is 1.25. The topological polar surface area (TPSA) is 104 Å². The third kappa shape index (κ3) is 6.00. The van der Waals surface area contributed by atoms with E-state index in [1.165, 1.54) is 13.8 Å². The zero-order valence-corrected chi connectivity index (χ0v) is 15.6. The molecule has 0 aromatic heterocycles. The molecule has 138 valence electrons. The van der Waals surface area contributed by atoms with Gasteiger partial charge in [0, 0.05) is 13.1 Å². The average Bonchev–Trinajstić information content (AvgIpc) is 2.48. The Kier molecular flexibility index (Phi) is 7.58. The van der Waals surface area contributed by atoms with Crippen molar-refractivity contribution in [3.8, 4) is 0 Å². The molecule has 0 aliphatic carbocycles. The third-order valence-corrected chi connectivity index (χ3v) is 6.35. The van der Waals surface area contributed by atoms with Crippen LogP contribution in [0.1, 0.15) is 27.2 Å². The molecule has 0 saturated heterocycles. The van der Waals surface area contributed by atoms with E-state index >= 15 is 0 Å². The van der Waals surface area contributed by atoms with Crippen molar-refractivity contribution in [2.24, 2.45) is 0 Å². The Hall–Kier alpha value is -1.23. The van der Waals surface area contributed by atoms with Gasteiger partial charge in [0.1, 0.15) is 5.82 Å². The quantitative estimate of drug-likeness (QED) is 0.529. The number of halogens is 1. The molecule has 1 rings (SSSR count). The van der Waals surface area contributed by atoms with Crippen molar-refractivity contribution in [3.05, 3.63) is 24.0 Å². The molecule has 0 fully saturated rings. The molecule has 0 aliphatic rings. The van der Waals surface area contributed by atoms with Crippen molar-refractivity contribution >= 4 is 25.7 Å². The zero-order chi connectivity index (χ0) is 18.4. The number of rotatable bonds is 10. The van der Waals surface area contributed by atoms with Crippen LogP contribution in [-0.4, -0.2) is 41.7 Å². The summed E-state index contributed by atoms with van der Waals surface area (Å²) < 4.78 is 66.1. The molecule has 0 heterocycles. The van der Waals surface area contributed by atoms with Gasteiger partial charge in [0.05, 0.1) is 15.8 Å². The summed E-state index contributed by atoms with van der Waals surface area (Å²) in [5.41, 5.74) is -0.285. The highest BCUT2D eigenvalue weighted by atomic mass is 32.2. The molecule has 0 spiro atoms. The van der Waals surface area contributed by atoms with E-state index in [9.17, 15) is 21.2 Å². The minimum Gasteiger partial charge on any atom is -0.315 e. The summed E-state index contributed by atoms with van der Waals surface area (Å²) >= 11 is 0. The Morgan fingerprint density at radius 1 is 1.08 bits per heavy atom. The van der Waals surface area contributed by atoms with Gasteiger partial charge >= 0.3 is 0 Å². The maximum absolute atomic E-state index is 14.0. The largest absolute Gasteiger partial charge is 0.315 e. The summed E-state index contributed by atoms with van der Waals surface area (Å²) in [6, 6.07) is 3.04. The van der Waals surface area contributed by atoms with Crippen LogP contribution in [0, 0.1) is 5.82 Å². The first-order chi connectivity index (χ1) is 11.1. The van der Waals surface area contributed by atoms with Crippen LogP contribution in [0.25, 0.3) is 0 Å². The van der Waals surface area contributed by atoms with E-state index in [1.54, 1.807) is 0 Å². The molecule has 0 amide bonds. The second kappa shape index (κ2) is 8.75. The van der Waals surface area contributed by atoms with Gasteiger partial charge in [-0.2, -0.15) is 0 Å². The van der Waals surface area contributed by atoms with Crippen molar-refractivity contribution in [2.45, 2.75) is 37.3 Å². The van der Waals surface area contributed by atoms with Crippen LogP contribution in [0.4, 0.5) is 10.1 Å². The fourth-order valence-electron chi connectivity index (χ4n) is 1.68. The maximum Gasteiger partial charge on any atom is 0.240 e. The Morgan fingerprint density at radius 3 is 2.29 bits per heavy atom. The van der Waals surface area contributed by atoms with Gasteiger partial charge in [0.25, 0.3) is 0 Å². The number of benzene rings is 1. The molecule has 10 heteroatoms. The second-order valence-corrected chi connectivity index (χ2v) is 9.49. The molecule has 3 N–H and O–H groups in total. The first kappa shape index (κ1) is 20.8. The first-order valence-corrected chi connectivity index (χ1v) is 10.6. The Balaban J connectivity index is 2.83. The fourth-order valence-corrected chi connectivity index (χ4v) is 3.43. The molecule has 0 aliphatic heterocycles. The van der Waals surface area contributed by atoms with Crippen molar-refractivity contribution < 1.29 is 21.2 Å². The SMILES string of the molecule is CCCNCCNS(=O)(=O)c1ccc(NS(=O)(=O)C(C)C)c(F)c1. The molecular formula is C14H24FN3O4S2. The molecule has 0 radical (unpaired) electrons. The summed E-state index contributed by atoms with van der Waals surface area (Å²) in [6.07, 6.45) is 0.936. The van der Waals surface area contributed by atoms with Crippen LogP contribution in [0.5, 0.6) is 0 Å². The molecule has 0 atom stereocenters. The first-order valence-electron chi connectivity index (χ1n) is 7.61. The van der Waals surface area contributed by atoms with Crippen molar-refractivity contribution in [2.75, 3.05) is 24.4 Å². The smallest absolute Gasteiger partial charge is 0.240 e. The minimum absolute atomic E-state index is 0.172. The molecule has 1 aromatic rings. The minimum atomic E-state index is -3.85. The van der Waals surface area contributed by atoms with Crippen LogP contribution in [0.15, 0.2) is 23.1 Å². The van der Waals surface area contributed by atoms with Crippen LogP contribution >= 0.6 is 0 Å². The lowest BCUT2D eigenvalue weighted by atomic mass is 10.3. The van der Waals surface area contributed by atoms with Crippen LogP contribution in [0.3, 0.4) is 0 Å². The van der Waals surface area contributed by atoms with Gasteiger partial charge in [-0.05, 0) is 45.0 Å². The van der Waals surface area contributed by atoms with E-state index in [4.69, 9.17) is 0 Å². The van der Waals surface area contributed by atoms with E-state index < -0.39 is 31.1 Å². The highest BCUT2D eigenvalue weighted by Gasteiger charge is 2.20. The summed E-state index contributed by atoms with van der Waals surface area (Å²) in [6.45, 7) is 6.31. The molecule has 0 saturated carbocycles. The van der Waals surface area contributed by atoms with E-state index in [0.717, 1.165) is 31.2 Å². The molecule has 1 aromatic carbocycles. The average molecular weight is 381 g/mol. The Labute approximate surface area is 143 Å². The number of anilines is 1. The lowest BCUT2D eigenvalue weighted by Crippen LogP contribution is -2.32. The van der Waals surface area contributed by atoms with E-state index in [1.807, 2.05) is 6.92 Å². The van der Waals surface area contributed by atoms with Crippen LogP contribution < -0.4 is 14.8 Å². The maximum atomic E-state index is 14.0. The van der Waals surface area contributed by atoms with Gasteiger partial charge in [0.15, 0.2) is 0 Å². The predicted molar refractivity (Wildman–Crippen MR) is 92.4 cm³/mol. The fraction of sp³-hybridized carbons (Fsp3) is 0.571. The standard InChI is InChI=1S/C14H24FN3O4S2/c1-4-7-16-8-9-17-24(21,22)12-5-6-14(13(15)10-12)18-23(19,20)11(2)3/h5-6,10-11,16-18H,4,7-9H2,1-3H3. The van der Waals surface area contributed by atoms with Gasteiger partial charge in [-0.15, -0.1) is 0 Å². The van der Waals surface area contributed by atoms with Gasteiger partial charge in [0.2, 0.25) is 20.0 Å². The molecule has 24 heavy (non-hydrogen) atoms. The van der Waals surface area contributed by atoms with E-state index in [2.05, 4.69) is 14.8 Å². The Morgan fingerprint density at radius 2 is 1.75 bits per heavy atom. The monoisotopic (exact) mass is 381 g/mol. The van der Waals surface area contributed by atoms with Gasteiger partial charge in [-0.1, -0.05) is 6.92 Å². The number of hydrogen-bond donors (Lipinski definition) is 3. The molecular weight excluding hydrogens is 357 g/mol. The number of nitrogens with one attached hydrogen (secondary N) is 3. The van der Waals surface area contributed by atoms with Crippen molar-refractivity contribution in [1.82, 2.24) is 10.0 Å². The summed E-state index contributed by atoms with van der Waals surface area (Å²) in [7, 11) is -7.56. The van der Waals surface area contributed by atoms with Crippen LogP contribution in [0.2, 0.25) is 0 Å². The molecule has 7 nitrogen and oxygen atoms in total. The van der Waals surface area contributed by atoms with Crippen molar-refractivity contribution in [3.63, 3.8) is 0 Å². The second-order valence-electron chi connectivity index (χ2n) is 5.49. The number of sulfonamides is 2. The lowest BCUT2D eigenvalue weighted by molar-refractivity contribution is 0.572. The molecule has 0 unspecified atom stereocenters. The van der Waals surface area contributed by atoms with Gasteiger partial charge in [-0.3, -0.25) is 4.72 Å². The third-order valence-electron chi connectivity index (χ3n) is 3.14. The Bertz CT molecular complexity index is 749. The van der Waals surface area contributed by atoms with E-state index in [0.29, 0.717) is 6.54 Å². The van der Waals surface area contributed by atoms with Crippen LogP contribution in [-0.2, 0) is 20.0 Å². The highest BCUT2D eigenvalue weighted by molar-refractivity contribution is 7.93. The normalized spacial score (nSPS) is 12.5. The van der Waals surface area contributed by atoms with Crippen molar-refractivity contribution in [1.29, 1.82) is 0 Å². The summed E-state index contributed by atoms with van der Waals surface area (Å²) in [4.78, 5) is -0.261. The zero-order valence-electron chi connectivity index (χ0n) is 14.0. The molecule has 0 bridgehead atoms. The number of hydrogen-bond acceptors (Lipinski definition) is 5. The summed E-state index contributed by atoms with van der Waals surface area (Å²) in [5, 5.41) is 2.30. The van der Waals surface area contributed by atoms with Gasteiger partial charge < -0.3 is 5.32 Å². The van der Waals surface area contributed by atoms with Gasteiger partial charge in [-0.25, -0.2) is 25.9 Å². The van der Waals surface area contributed by atoms with E-state index in [-0.39, 0.29) is 17.1 Å². The summed E-state index contributed by atoms with van der Waals surface area (Å²) in [5.74, 6) is -0.953. The highest BCUT2D eigenvalue weighted by Crippen LogP contribution is 2.20. The lowest BCUT2D eigenvalue weighted by Gasteiger charge is -2.13.